The number of likely N-dealkylation sites (tertiary alicyclic amines) is 1. The van der Waals surface area contributed by atoms with Crippen LogP contribution in [0.5, 0.6) is 0 Å². The van der Waals surface area contributed by atoms with Crippen molar-refractivity contribution in [3.63, 3.8) is 0 Å². The van der Waals surface area contributed by atoms with Crippen molar-refractivity contribution >= 4 is 5.97 Å². The highest BCUT2D eigenvalue weighted by Gasteiger charge is 2.21. The first-order chi connectivity index (χ1) is 7.56. The van der Waals surface area contributed by atoms with Gasteiger partial charge in [0.1, 0.15) is 17.1 Å². The Bertz CT molecular complexity index is 400. The molecule has 1 atom stereocenters. The summed E-state index contributed by atoms with van der Waals surface area (Å²) in [5, 5.41) is 8.89. The van der Waals surface area contributed by atoms with E-state index < -0.39 is 5.97 Å². The number of aryl methyl sites for hydroxylation is 1. The zero-order valence-electron chi connectivity index (χ0n) is 9.27. The topological polar surface area (TPSA) is 79.7 Å². The Balaban J connectivity index is 2.05. The van der Waals surface area contributed by atoms with Gasteiger partial charge < -0.3 is 15.3 Å². The van der Waals surface area contributed by atoms with Crippen molar-refractivity contribution in [2.75, 3.05) is 13.1 Å². The smallest absolute Gasteiger partial charge is 0.339 e. The minimum atomic E-state index is -0.939. The molecule has 0 saturated carbocycles. The molecule has 2 rings (SSSR count). The first kappa shape index (κ1) is 11.2. The predicted octanol–water partition coefficient (Wildman–Crippen LogP) is 0.819. The van der Waals surface area contributed by atoms with E-state index in [1.807, 2.05) is 0 Å². The van der Waals surface area contributed by atoms with Gasteiger partial charge in [0.05, 0.1) is 6.54 Å². The van der Waals surface area contributed by atoms with E-state index in [1.165, 1.54) is 0 Å². The van der Waals surface area contributed by atoms with E-state index >= 15 is 0 Å². The molecule has 1 aromatic rings. The summed E-state index contributed by atoms with van der Waals surface area (Å²) in [4.78, 5) is 13.0. The summed E-state index contributed by atoms with van der Waals surface area (Å²) in [6.07, 6.45) is 0.992. The highest BCUT2D eigenvalue weighted by Crippen LogP contribution is 2.18. The number of nitrogens with two attached hydrogens (primary N) is 1. The van der Waals surface area contributed by atoms with Crippen LogP contribution in [0.15, 0.2) is 10.5 Å². The quantitative estimate of drug-likeness (QED) is 0.794. The van der Waals surface area contributed by atoms with E-state index in [0.29, 0.717) is 18.1 Å². The van der Waals surface area contributed by atoms with Crippen molar-refractivity contribution in [1.82, 2.24) is 4.90 Å². The molecule has 3 N–H and O–H groups in total. The average Bonchev–Trinajstić information content (AvgIpc) is 2.73. The minimum absolute atomic E-state index is 0.231. The first-order valence-electron chi connectivity index (χ1n) is 5.37. The van der Waals surface area contributed by atoms with Gasteiger partial charge in [-0.25, -0.2) is 4.79 Å². The number of hydrogen-bond donors (Lipinski definition) is 2. The van der Waals surface area contributed by atoms with Crippen LogP contribution in [-0.4, -0.2) is 35.1 Å². The van der Waals surface area contributed by atoms with E-state index in [0.717, 1.165) is 19.5 Å². The first-order valence-corrected chi connectivity index (χ1v) is 5.37. The second kappa shape index (κ2) is 4.27. The molecular weight excluding hydrogens is 208 g/mol. The molecule has 0 bridgehead atoms. The number of carboxylic acids is 1. The van der Waals surface area contributed by atoms with Gasteiger partial charge in [-0.2, -0.15) is 0 Å². The van der Waals surface area contributed by atoms with Crippen molar-refractivity contribution in [3.8, 4) is 0 Å². The highest BCUT2D eigenvalue weighted by molar-refractivity contribution is 5.88. The molecule has 16 heavy (non-hydrogen) atoms. The standard InChI is InChI=1S/C11H16N2O3/c1-7-10(11(14)15)4-9(16-7)6-13-3-2-8(12)5-13/h4,8H,2-3,5-6,12H2,1H3,(H,14,15). The third-order valence-electron chi connectivity index (χ3n) is 2.89. The summed E-state index contributed by atoms with van der Waals surface area (Å²) in [6.45, 7) is 4.11. The molecular formula is C11H16N2O3. The lowest BCUT2D eigenvalue weighted by molar-refractivity contribution is 0.0695. The Hall–Kier alpha value is -1.33. The van der Waals surface area contributed by atoms with Crippen LogP contribution in [0.4, 0.5) is 0 Å². The summed E-state index contributed by atoms with van der Waals surface area (Å²) < 4.78 is 5.41. The van der Waals surface area contributed by atoms with Gasteiger partial charge >= 0.3 is 5.97 Å². The van der Waals surface area contributed by atoms with Crippen LogP contribution in [0.1, 0.15) is 28.3 Å². The van der Waals surface area contributed by atoms with Crippen LogP contribution in [-0.2, 0) is 6.54 Å². The zero-order valence-corrected chi connectivity index (χ0v) is 9.27. The molecule has 1 aliphatic rings. The van der Waals surface area contributed by atoms with Crippen LogP contribution >= 0.6 is 0 Å². The van der Waals surface area contributed by atoms with Crippen molar-refractivity contribution in [2.24, 2.45) is 5.73 Å². The molecule has 0 radical (unpaired) electrons. The van der Waals surface area contributed by atoms with E-state index in [4.69, 9.17) is 15.3 Å². The molecule has 0 aromatic carbocycles. The predicted molar refractivity (Wildman–Crippen MR) is 58.3 cm³/mol. The average molecular weight is 224 g/mol. The number of furan rings is 1. The summed E-state index contributed by atoms with van der Waals surface area (Å²) in [6, 6.07) is 1.83. The third kappa shape index (κ3) is 2.25. The third-order valence-corrected chi connectivity index (χ3v) is 2.89. The SMILES string of the molecule is Cc1oc(CN2CCC(N)C2)cc1C(=O)O. The maximum Gasteiger partial charge on any atom is 0.339 e. The van der Waals surface area contributed by atoms with E-state index in [1.54, 1.807) is 13.0 Å². The minimum Gasteiger partial charge on any atom is -0.478 e. The number of rotatable bonds is 3. The van der Waals surface area contributed by atoms with Gasteiger partial charge in [-0.15, -0.1) is 0 Å². The molecule has 0 spiro atoms. The Morgan fingerprint density at radius 1 is 1.75 bits per heavy atom. The summed E-state index contributed by atoms with van der Waals surface area (Å²) in [7, 11) is 0. The van der Waals surface area contributed by atoms with Gasteiger partial charge in [-0.05, 0) is 19.4 Å². The van der Waals surface area contributed by atoms with Crippen molar-refractivity contribution in [1.29, 1.82) is 0 Å². The highest BCUT2D eigenvalue weighted by atomic mass is 16.4. The van der Waals surface area contributed by atoms with E-state index in [2.05, 4.69) is 4.90 Å². The number of hydrogen-bond acceptors (Lipinski definition) is 4. The molecule has 1 fully saturated rings. The maximum absolute atomic E-state index is 10.8. The Morgan fingerprint density at radius 3 is 3.00 bits per heavy atom. The summed E-state index contributed by atoms with van der Waals surface area (Å²) >= 11 is 0. The van der Waals surface area contributed by atoms with Gasteiger partial charge in [0.2, 0.25) is 0 Å². The largest absolute Gasteiger partial charge is 0.478 e. The monoisotopic (exact) mass is 224 g/mol. The molecule has 0 aliphatic carbocycles. The maximum atomic E-state index is 10.8. The summed E-state index contributed by atoms with van der Waals surface area (Å²) in [5.41, 5.74) is 6.04. The van der Waals surface area contributed by atoms with Crippen LogP contribution in [0.25, 0.3) is 0 Å². The molecule has 2 heterocycles. The molecule has 5 heteroatoms. The van der Waals surface area contributed by atoms with Crippen molar-refractivity contribution < 1.29 is 14.3 Å². The molecule has 1 saturated heterocycles. The Kier molecular flexibility index (Phi) is 2.98. The number of carbonyl (C=O) groups is 1. The van der Waals surface area contributed by atoms with Gasteiger partial charge in [-0.3, -0.25) is 4.90 Å². The van der Waals surface area contributed by atoms with Crippen LogP contribution in [0.3, 0.4) is 0 Å². The van der Waals surface area contributed by atoms with Gasteiger partial charge in [-0.1, -0.05) is 0 Å². The second-order valence-corrected chi connectivity index (χ2v) is 4.27. The van der Waals surface area contributed by atoms with E-state index in [-0.39, 0.29) is 11.6 Å². The number of carboxylic acid groups (broad SMARTS) is 1. The summed E-state index contributed by atoms with van der Waals surface area (Å²) in [5.74, 6) is 0.223. The van der Waals surface area contributed by atoms with Crippen molar-refractivity contribution in [2.45, 2.75) is 25.9 Å². The lowest BCUT2D eigenvalue weighted by Crippen LogP contribution is -2.26. The molecule has 5 nitrogen and oxygen atoms in total. The Morgan fingerprint density at radius 2 is 2.50 bits per heavy atom. The van der Waals surface area contributed by atoms with Crippen LogP contribution < -0.4 is 5.73 Å². The van der Waals surface area contributed by atoms with Crippen molar-refractivity contribution in [3.05, 3.63) is 23.2 Å². The van der Waals surface area contributed by atoms with Gasteiger partial charge in [0.25, 0.3) is 0 Å². The molecule has 88 valence electrons. The molecule has 1 unspecified atom stereocenters. The fourth-order valence-corrected chi connectivity index (χ4v) is 2.06. The zero-order chi connectivity index (χ0) is 11.7. The van der Waals surface area contributed by atoms with E-state index in [9.17, 15) is 4.79 Å². The molecule has 1 aromatic heterocycles. The normalized spacial score (nSPS) is 21.5. The number of aromatic carboxylic acids is 1. The van der Waals surface area contributed by atoms with Gasteiger partial charge in [0.15, 0.2) is 0 Å². The fourth-order valence-electron chi connectivity index (χ4n) is 2.06. The lowest BCUT2D eigenvalue weighted by atomic mass is 10.2. The van der Waals surface area contributed by atoms with Crippen LogP contribution in [0, 0.1) is 6.92 Å². The van der Waals surface area contributed by atoms with Gasteiger partial charge in [0, 0.05) is 19.1 Å². The lowest BCUT2D eigenvalue weighted by Gasteiger charge is -2.12. The number of nitrogens with zero attached hydrogens (tertiary/aromatic N) is 1. The van der Waals surface area contributed by atoms with Crippen LogP contribution in [0.2, 0.25) is 0 Å². The second-order valence-electron chi connectivity index (χ2n) is 4.27. The Labute approximate surface area is 93.8 Å². The molecule has 0 amide bonds. The fraction of sp³-hybridized carbons (Fsp3) is 0.545. The molecule has 1 aliphatic heterocycles.